The SMILES string of the molecule is O=C1CCC(N2C(=O)c3cccc(N4CCC(c5ccccn5)CC4)c3C2=O)C(=O)N1. The molecule has 1 aromatic heterocycles. The van der Waals surface area contributed by atoms with Crippen molar-refractivity contribution in [2.24, 2.45) is 0 Å². The first kappa shape index (κ1) is 19.4. The molecule has 0 saturated carbocycles. The number of imide groups is 2. The molecular weight excluding hydrogens is 396 g/mol. The molecule has 0 radical (unpaired) electrons. The molecule has 0 aliphatic carbocycles. The molecule has 31 heavy (non-hydrogen) atoms. The largest absolute Gasteiger partial charge is 0.371 e. The number of aromatic nitrogens is 1. The minimum Gasteiger partial charge on any atom is -0.371 e. The van der Waals surface area contributed by atoms with Crippen LogP contribution >= 0.6 is 0 Å². The van der Waals surface area contributed by atoms with Gasteiger partial charge in [0.15, 0.2) is 0 Å². The highest BCUT2D eigenvalue weighted by Gasteiger charge is 2.46. The van der Waals surface area contributed by atoms with Gasteiger partial charge in [-0.15, -0.1) is 0 Å². The number of fused-ring (bicyclic) bond motifs is 1. The van der Waals surface area contributed by atoms with E-state index in [0.29, 0.717) is 17.0 Å². The molecule has 8 nitrogen and oxygen atoms in total. The van der Waals surface area contributed by atoms with Crippen LogP contribution < -0.4 is 10.2 Å². The van der Waals surface area contributed by atoms with Gasteiger partial charge in [0.2, 0.25) is 11.8 Å². The number of pyridine rings is 1. The lowest BCUT2D eigenvalue weighted by Crippen LogP contribution is -2.54. The van der Waals surface area contributed by atoms with Crippen molar-refractivity contribution >= 4 is 29.3 Å². The Hall–Kier alpha value is -3.55. The maximum absolute atomic E-state index is 13.3. The van der Waals surface area contributed by atoms with E-state index < -0.39 is 23.8 Å². The standard InChI is InChI=1S/C23H22N4O4/c28-19-8-7-18(21(29)25-19)27-22(30)15-4-3-6-17(20(15)23(27)31)26-12-9-14(10-13-26)16-5-1-2-11-24-16/h1-6,11,14,18H,7-10,12-13H2,(H,25,28,29). The molecule has 8 heteroatoms. The number of amides is 4. The molecule has 1 N–H and O–H groups in total. The second-order valence-electron chi connectivity index (χ2n) is 8.16. The second kappa shape index (κ2) is 7.61. The van der Waals surface area contributed by atoms with Crippen molar-refractivity contribution in [3.8, 4) is 0 Å². The maximum atomic E-state index is 13.3. The summed E-state index contributed by atoms with van der Waals surface area (Å²) >= 11 is 0. The maximum Gasteiger partial charge on any atom is 0.264 e. The zero-order valence-corrected chi connectivity index (χ0v) is 16.9. The van der Waals surface area contributed by atoms with Gasteiger partial charge in [-0.1, -0.05) is 12.1 Å². The summed E-state index contributed by atoms with van der Waals surface area (Å²) in [6.07, 6.45) is 3.87. The second-order valence-corrected chi connectivity index (χ2v) is 8.16. The van der Waals surface area contributed by atoms with Gasteiger partial charge in [-0.25, -0.2) is 0 Å². The monoisotopic (exact) mass is 418 g/mol. The molecule has 3 aliphatic heterocycles. The van der Waals surface area contributed by atoms with E-state index in [2.05, 4.69) is 15.2 Å². The highest BCUT2D eigenvalue weighted by atomic mass is 16.2. The summed E-state index contributed by atoms with van der Waals surface area (Å²) in [7, 11) is 0. The van der Waals surface area contributed by atoms with E-state index in [1.54, 1.807) is 18.3 Å². The third-order valence-corrected chi connectivity index (χ3v) is 6.39. The van der Waals surface area contributed by atoms with Crippen LogP contribution in [0.15, 0.2) is 42.6 Å². The Kier molecular flexibility index (Phi) is 4.77. The molecule has 1 atom stereocenters. The number of nitrogens with zero attached hydrogens (tertiary/aromatic N) is 3. The molecule has 158 valence electrons. The van der Waals surface area contributed by atoms with Crippen molar-refractivity contribution in [2.45, 2.75) is 37.6 Å². The Morgan fingerprint density at radius 1 is 0.903 bits per heavy atom. The van der Waals surface area contributed by atoms with E-state index in [9.17, 15) is 19.2 Å². The fourth-order valence-corrected chi connectivity index (χ4v) is 4.79. The Labute approximate surface area is 179 Å². The number of nitrogens with one attached hydrogen (secondary N) is 1. The summed E-state index contributed by atoms with van der Waals surface area (Å²) in [6.45, 7) is 1.50. The molecule has 2 aromatic rings. The quantitative estimate of drug-likeness (QED) is 0.764. The highest BCUT2D eigenvalue weighted by molar-refractivity contribution is 6.25. The van der Waals surface area contributed by atoms with E-state index in [0.717, 1.165) is 42.2 Å². The number of rotatable bonds is 3. The minimum absolute atomic E-state index is 0.109. The zero-order chi connectivity index (χ0) is 21.5. The number of carbonyl (C=O) groups excluding carboxylic acids is 4. The van der Waals surface area contributed by atoms with Gasteiger partial charge in [-0.3, -0.25) is 34.4 Å². The van der Waals surface area contributed by atoms with Crippen LogP contribution in [0.4, 0.5) is 5.69 Å². The van der Waals surface area contributed by atoms with Crippen LogP contribution in [-0.4, -0.2) is 52.6 Å². The topological polar surface area (TPSA) is 99.7 Å². The first-order valence-electron chi connectivity index (χ1n) is 10.5. The lowest BCUT2D eigenvalue weighted by Gasteiger charge is -2.34. The molecule has 2 fully saturated rings. The summed E-state index contributed by atoms with van der Waals surface area (Å²) < 4.78 is 0. The summed E-state index contributed by atoms with van der Waals surface area (Å²) in [5.41, 5.74) is 2.48. The molecule has 4 amide bonds. The molecule has 1 unspecified atom stereocenters. The normalized spacial score (nSPS) is 22.0. The Morgan fingerprint density at radius 2 is 1.71 bits per heavy atom. The fraction of sp³-hybridized carbons (Fsp3) is 0.348. The van der Waals surface area contributed by atoms with Crippen LogP contribution in [0.2, 0.25) is 0 Å². The highest BCUT2D eigenvalue weighted by Crippen LogP contribution is 2.37. The number of piperidine rings is 2. The Balaban J connectivity index is 1.39. The molecular formula is C23H22N4O4. The predicted octanol–water partition coefficient (Wildman–Crippen LogP) is 1.87. The van der Waals surface area contributed by atoms with Crippen LogP contribution in [0.25, 0.3) is 0 Å². The fourth-order valence-electron chi connectivity index (χ4n) is 4.79. The van der Waals surface area contributed by atoms with Crippen LogP contribution in [0.1, 0.15) is 58.0 Å². The van der Waals surface area contributed by atoms with Crippen molar-refractivity contribution in [2.75, 3.05) is 18.0 Å². The van der Waals surface area contributed by atoms with Gasteiger partial charge in [0.05, 0.1) is 16.8 Å². The van der Waals surface area contributed by atoms with E-state index in [4.69, 9.17) is 0 Å². The summed E-state index contributed by atoms with van der Waals surface area (Å²) in [5, 5.41) is 2.23. The van der Waals surface area contributed by atoms with Gasteiger partial charge in [-0.05, 0) is 43.5 Å². The lowest BCUT2D eigenvalue weighted by atomic mass is 9.92. The lowest BCUT2D eigenvalue weighted by molar-refractivity contribution is -0.136. The predicted molar refractivity (Wildman–Crippen MR) is 112 cm³/mol. The van der Waals surface area contributed by atoms with E-state index in [1.165, 1.54) is 0 Å². The molecule has 5 rings (SSSR count). The third-order valence-electron chi connectivity index (χ3n) is 6.39. The summed E-state index contributed by atoms with van der Waals surface area (Å²) in [5.74, 6) is -1.54. The molecule has 1 aromatic carbocycles. The van der Waals surface area contributed by atoms with Gasteiger partial charge in [0.25, 0.3) is 11.8 Å². The average Bonchev–Trinajstić information content (AvgIpc) is 3.05. The first-order valence-corrected chi connectivity index (χ1v) is 10.5. The van der Waals surface area contributed by atoms with E-state index >= 15 is 0 Å². The van der Waals surface area contributed by atoms with Gasteiger partial charge in [-0.2, -0.15) is 0 Å². The van der Waals surface area contributed by atoms with Gasteiger partial charge in [0, 0.05) is 37.3 Å². The smallest absolute Gasteiger partial charge is 0.264 e. The van der Waals surface area contributed by atoms with E-state index in [-0.39, 0.29) is 18.7 Å². The number of anilines is 1. The van der Waals surface area contributed by atoms with Crippen LogP contribution in [0.3, 0.4) is 0 Å². The zero-order valence-electron chi connectivity index (χ0n) is 16.9. The van der Waals surface area contributed by atoms with Crippen LogP contribution in [0, 0.1) is 0 Å². The summed E-state index contributed by atoms with van der Waals surface area (Å²) in [4.78, 5) is 57.7. The van der Waals surface area contributed by atoms with Gasteiger partial charge >= 0.3 is 0 Å². The van der Waals surface area contributed by atoms with Crippen molar-refractivity contribution in [3.05, 3.63) is 59.4 Å². The van der Waals surface area contributed by atoms with Gasteiger partial charge in [0.1, 0.15) is 6.04 Å². The number of hydrogen-bond acceptors (Lipinski definition) is 6. The van der Waals surface area contributed by atoms with Crippen molar-refractivity contribution < 1.29 is 19.2 Å². The van der Waals surface area contributed by atoms with Crippen molar-refractivity contribution in [1.82, 2.24) is 15.2 Å². The van der Waals surface area contributed by atoms with Crippen LogP contribution in [-0.2, 0) is 9.59 Å². The van der Waals surface area contributed by atoms with Crippen molar-refractivity contribution in [3.63, 3.8) is 0 Å². The number of hydrogen-bond donors (Lipinski definition) is 1. The molecule has 3 aliphatic rings. The number of carbonyl (C=O) groups is 4. The average molecular weight is 418 g/mol. The minimum atomic E-state index is -0.951. The summed E-state index contributed by atoms with van der Waals surface area (Å²) in [6, 6.07) is 10.3. The van der Waals surface area contributed by atoms with Crippen molar-refractivity contribution in [1.29, 1.82) is 0 Å². The molecule has 0 spiro atoms. The third kappa shape index (κ3) is 3.28. The molecule has 4 heterocycles. The molecule has 2 saturated heterocycles. The van der Waals surface area contributed by atoms with E-state index in [1.807, 2.05) is 24.3 Å². The number of benzene rings is 1. The van der Waals surface area contributed by atoms with Crippen LogP contribution in [0.5, 0.6) is 0 Å². The Bertz CT molecular complexity index is 1080. The Morgan fingerprint density at radius 3 is 2.42 bits per heavy atom. The first-order chi connectivity index (χ1) is 15.0. The van der Waals surface area contributed by atoms with Gasteiger partial charge < -0.3 is 4.90 Å². The molecule has 0 bridgehead atoms.